The molecule has 0 radical (unpaired) electrons. The van der Waals surface area contributed by atoms with Crippen LogP contribution in [0.1, 0.15) is 25.8 Å². The van der Waals surface area contributed by atoms with Crippen LogP contribution in [0.5, 0.6) is 0 Å². The molecule has 0 fully saturated rings. The number of rotatable bonds is 4. The predicted molar refractivity (Wildman–Crippen MR) is 64.6 cm³/mol. The van der Waals surface area contributed by atoms with Gasteiger partial charge in [-0.2, -0.15) is 0 Å². The molecule has 2 heteroatoms. The van der Waals surface area contributed by atoms with Crippen LogP contribution in [0.15, 0.2) is 24.3 Å². The zero-order valence-electron chi connectivity index (χ0n) is 9.29. The molecule has 1 aromatic rings. The summed E-state index contributed by atoms with van der Waals surface area (Å²) in [6.07, 6.45) is 7.33. The van der Waals surface area contributed by atoms with E-state index in [1.165, 1.54) is 0 Å². The van der Waals surface area contributed by atoms with Crippen LogP contribution in [0, 0.1) is 12.5 Å². The first kappa shape index (κ1) is 13.2. The number of aryl methyl sites for hydroxylation is 1. The van der Waals surface area contributed by atoms with Crippen LogP contribution in [-0.2, 0) is 11.2 Å². The molecule has 0 unspecified atom stereocenters. The van der Waals surface area contributed by atoms with Gasteiger partial charge in [-0.05, 0) is 24.1 Å². The van der Waals surface area contributed by atoms with E-state index in [-0.39, 0.29) is 0 Å². The summed E-state index contributed by atoms with van der Waals surface area (Å²) < 4.78 is 0. The summed E-state index contributed by atoms with van der Waals surface area (Å²) in [5.41, 5.74) is 2.01. The van der Waals surface area contributed by atoms with Gasteiger partial charge >= 0.3 is 0 Å². The second-order valence-corrected chi connectivity index (χ2v) is 2.68. The molecule has 0 spiro atoms. The van der Waals surface area contributed by atoms with Crippen LogP contribution < -0.4 is 5.32 Å². The Balaban J connectivity index is 0.000000921. The van der Waals surface area contributed by atoms with Crippen molar-refractivity contribution in [3.63, 3.8) is 0 Å². The molecule has 0 heterocycles. The lowest BCUT2D eigenvalue weighted by Gasteiger charge is -2.01. The highest BCUT2D eigenvalue weighted by Crippen LogP contribution is 2.11. The van der Waals surface area contributed by atoms with Crippen molar-refractivity contribution in [1.82, 2.24) is 0 Å². The highest BCUT2D eigenvalue weighted by Gasteiger charge is 1.93. The minimum Gasteiger partial charge on any atom is -0.315 e. The van der Waals surface area contributed by atoms with Gasteiger partial charge in [-0.25, -0.2) is 0 Å². The number of terminal acetylenes is 1. The summed E-state index contributed by atoms with van der Waals surface area (Å²) in [4.78, 5) is 10.1. The number of hydrogen-bond acceptors (Lipinski definition) is 2. The van der Waals surface area contributed by atoms with E-state index in [1.54, 1.807) is 0 Å². The summed E-state index contributed by atoms with van der Waals surface area (Å²) in [7, 11) is 0. The van der Waals surface area contributed by atoms with Gasteiger partial charge in [0.2, 0.25) is 0 Å². The van der Waals surface area contributed by atoms with Gasteiger partial charge in [-0.1, -0.05) is 32.4 Å². The van der Waals surface area contributed by atoms with Gasteiger partial charge in [0.25, 0.3) is 0 Å². The topological polar surface area (TPSA) is 29.1 Å². The van der Waals surface area contributed by atoms with Gasteiger partial charge in [0.05, 0.1) is 0 Å². The minimum absolute atomic E-state index is 0.555. The SMILES string of the molecule is C#CNc1cccc(CCC=O)c1.CC. The molecule has 0 aliphatic carbocycles. The number of hydrogen-bond donors (Lipinski definition) is 1. The smallest absolute Gasteiger partial charge is 0.120 e. The van der Waals surface area contributed by atoms with Crippen LogP contribution >= 0.6 is 0 Å². The van der Waals surface area contributed by atoms with Crippen molar-refractivity contribution in [3.05, 3.63) is 29.8 Å². The molecule has 0 aliphatic rings. The van der Waals surface area contributed by atoms with Gasteiger partial charge < -0.3 is 10.1 Å². The van der Waals surface area contributed by atoms with Gasteiger partial charge in [0.1, 0.15) is 6.29 Å². The monoisotopic (exact) mass is 203 g/mol. The Morgan fingerprint density at radius 1 is 1.47 bits per heavy atom. The van der Waals surface area contributed by atoms with Gasteiger partial charge in [0.15, 0.2) is 0 Å². The molecule has 1 aromatic carbocycles. The first-order valence-electron chi connectivity index (χ1n) is 5.11. The molecule has 0 saturated carbocycles. The standard InChI is InChI=1S/C11H11NO.C2H6/c1-2-12-11-7-3-5-10(9-11)6-4-8-13;1-2/h1,3,5,7-9,12H,4,6H2;1-2H3. The van der Waals surface area contributed by atoms with Gasteiger partial charge in [-0.3, -0.25) is 0 Å². The van der Waals surface area contributed by atoms with Crippen molar-refractivity contribution in [2.75, 3.05) is 5.32 Å². The lowest BCUT2D eigenvalue weighted by Crippen LogP contribution is -1.90. The van der Waals surface area contributed by atoms with Crippen molar-refractivity contribution in [2.24, 2.45) is 0 Å². The average molecular weight is 203 g/mol. The number of nitrogens with one attached hydrogen (secondary N) is 1. The summed E-state index contributed by atoms with van der Waals surface area (Å²) in [6, 6.07) is 10.1. The maximum Gasteiger partial charge on any atom is 0.120 e. The summed E-state index contributed by atoms with van der Waals surface area (Å²) in [5, 5.41) is 2.76. The summed E-state index contributed by atoms with van der Waals surface area (Å²) in [5.74, 6) is 0. The minimum atomic E-state index is 0.555. The Hall–Kier alpha value is -1.75. The Morgan fingerprint density at radius 3 is 2.80 bits per heavy atom. The molecule has 0 aliphatic heterocycles. The molecule has 0 amide bonds. The maximum absolute atomic E-state index is 10.1. The number of aldehydes is 1. The summed E-state index contributed by atoms with van der Waals surface area (Å²) >= 11 is 0. The van der Waals surface area contributed by atoms with Gasteiger partial charge in [-0.15, -0.1) is 0 Å². The molecule has 0 bridgehead atoms. The van der Waals surface area contributed by atoms with Crippen molar-refractivity contribution in [1.29, 1.82) is 0 Å². The fourth-order valence-electron chi connectivity index (χ4n) is 1.11. The molecule has 80 valence electrons. The van der Waals surface area contributed by atoms with E-state index in [4.69, 9.17) is 6.42 Å². The molecular weight excluding hydrogens is 186 g/mol. The Bertz CT molecular complexity index is 326. The van der Waals surface area contributed by atoms with Crippen LogP contribution in [0.4, 0.5) is 5.69 Å². The first-order chi connectivity index (χ1) is 7.36. The third kappa shape index (κ3) is 5.53. The van der Waals surface area contributed by atoms with Crippen LogP contribution in [-0.4, -0.2) is 6.29 Å². The molecule has 1 N–H and O–H groups in total. The van der Waals surface area contributed by atoms with E-state index in [0.717, 1.165) is 24.0 Å². The molecule has 0 atom stereocenters. The van der Waals surface area contributed by atoms with E-state index in [1.807, 2.05) is 38.1 Å². The van der Waals surface area contributed by atoms with Gasteiger partial charge in [0, 0.05) is 18.2 Å². The van der Waals surface area contributed by atoms with Crippen molar-refractivity contribution in [2.45, 2.75) is 26.7 Å². The quantitative estimate of drug-likeness (QED) is 0.463. The largest absolute Gasteiger partial charge is 0.315 e. The second-order valence-electron chi connectivity index (χ2n) is 2.68. The van der Waals surface area contributed by atoms with E-state index < -0.39 is 0 Å². The fraction of sp³-hybridized carbons (Fsp3) is 0.308. The molecular formula is C13H17NO. The molecule has 2 nitrogen and oxygen atoms in total. The highest BCUT2D eigenvalue weighted by molar-refractivity contribution is 5.52. The zero-order chi connectivity index (χ0) is 11.5. The lowest BCUT2D eigenvalue weighted by atomic mass is 10.1. The Labute approximate surface area is 91.7 Å². The van der Waals surface area contributed by atoms with E-state index in [2.05, 4.69) is 11.4 Å². The molecule has 0 saturated heterocycles. The van der Waals surface area contributed by atoms with E-state index in [0.29, 0.717) is 6.42 Å². The Morgan fingerprint density at radius 2 is 2.20 bits per heavy atom. The predicted octanol–water partition coefficient (Wildman–Crippen LogP) is 2.85. The van der Waals surface area contributed by atoms with Crippen molar-refractivity contribution >= 4 is 12.0 Å². The van der Waals surface area contributed by atoms with E-state index >= 15 is 0 Å². The lowest BCUT2D eigenvalue weighted by molar-refractivity contribution is -0.107. The number of anilines is 1. The average Bonchev–Trinajstić information content (AvgIpc) is 2.30. The van der Waals surface area contributed by atoms with Crippen LogP contribution in [0.2, 0.25) is 0 Å². The number of benzene rings is 1. The maximum atomic E-state index is 10.1. The van der Waals surface area contributed by atoms with Crippen molar-refractivity contribution < 1.29 is 4.79 Å². The zero-order valence-corrected chi connectivity index (χ0v) is 9.29. The fourth-order valence-corrected chi connectivity index (χ4v) is 1.11. The molecule has 0 aromatic heterocycles. The second kappa shape index (κ2) is 8.83. The number of carbonyl (C=O) groups is 1. The summed E-state index contributed by atoms with van der Waals surface area (Å²) in [6.45, 7) is 4.00. The highest BCUT2D eigenvalue weighted by atomic mass is 16.1. The first-order valence-corrected chi connectivity index (χ1v) is 5.11. The molecule has 1 rings (SSSR count). The van der Waals surface area contributed by atoms with Crippen LogP contribution in [0.3, 0.4) is 0 Å². The van der Waals surface area contributed by atoms with Crippen molar-refractivity contribution in [3.8, 4) is 12.5 Å². The third-order valence-electron chi connectivity index (χ3n) is 1.69. The number of carbonyl (C=O) groups excluding carboxylic acids is 1. The normalized spacial score (nSPS) is 8.07. The Kier molecular flexibility index (Phi) is 7.80. The van der Waals surface area contributed by atoms with E-state index in [9.17, 15) is 4.79 Å². The molecule has 15 heavy (non-hydrogen) atoms. The third-order valence-corrected chi connectivity index (χ3v) is 1.69. The van der Waals surface area contributed by atoms with Crippen LogP contribution in [0.25, 0.3) is 0 Å².